The van der Waals surface area contributed by atoms with Crippen LogP contribution in [0.2, 0.25) is 0 Å². The fraction of sp³-hybridized carbons (Fsp3) is 0.538. The van der Waals surface area contributed by atoms with Gasteiger partial charge in [-0.1, -0.05) is 12.5 Å². The van der Waals surface area contributed by atoms with Gasteiger partial charge in [0, 0.05) is 12.3 Å². The predicted molar refractivity (Wildman–Crippen MR) is 62.9 cm³/mol. The van der Waals surface area contributed by atoms with Crippen LogP contribution in [0, 0.1) is 5.41 Å². The van der Waals surface area contributed by atoms with Gasteiger partial charge in [-0.2, -0.15) is 0 Å². The maximum atomic E-state index is 11.4. The van der Waals surface area contributed by atoms with Gasteiger partial charge in [-0.05, 0) is 32.3 Å². The highest BCUT2D eigenvalue weighted by molar-refractivity contribution is 5.75. The molecule has 0 spiro atoms. The third-order valence-electron chi connectivity index (χ3n) is 3.51. The quantitative estimate of drug-likeness (QED) is 0.874. The van der Waals surface area contributed by atoms with Crippen molar-refractivity contribution in [3.63, 3.8) is 0 Å². The molecule has 1 heterocycles. The first-order valence-corrected chi connectivity index (χ1v) is 5.94. The summed E-state index contributed by atoms with van der Waals surface area (Å²) in [6, 6.07) is 5.41. The molecule has 2 atom stereocenters. The summed E-state index contributed by atoms with van der Waals surface area (Å²) in [5.74, 6) is -0.273. The lowest BCUT2D eigenvalue weighted by atomic mass is 9.73. The summed E-state index contributed by atoms with van der Waals surface area (Å²) >= 11 is 0. The molecule has 2 rings (SSSR count). The molecule has 4 nitrogen and oxygen atoms in total. The van der Waals surface area contributed by atoms with Crippen LogP contribution in [0.4, 0.5) is 0 Å². The molecule has 0 bridgehead atoms. The Morgan fingerprint density at radius 1 is 1.53 bits per heavy atom. The number of carboxylic acids is 1. The van der Waals surface area contributed by atoms with Crippen LogP contribution in [0.3, 0.4) is 0 Å². The van der Waals surface area contributed by atoms with Crippen LogP contribution in [0.5, 0.6) is 5.88 Å². The van der Waals surface area contributed by atoms with E-state index in [1.807, 2.05) is 12.1 Å². The van der Waals surface area contributed by atoms with Crippen LogP contribution in [0.15, 0.2) is 24.4 Å². The van der Waals surface area contributed by atoms with E-state index in [9.17, 15) is 9.90 Å². The van der Waals surface area contributed by atoms with Crippen molar-refractivity contribution in [3.05, 3.63) is 24.4 Å². The molecule has 92 valence electrons. The van der Waals surface area contributed by atoms with Crippen molar-refractivity contribution >= 4 is 5.97 Å². The highest BCUT2D eigenvalue weighted by atomic mass is 16.5. The van der Waals surface area contributed by atoms with Gasteiger partial charge in [-0.15, -0.1) is 0 Å². The third kappa shape index (κ3) is 2.40. The monoisotopic (exact) mass is 235 g/mol. The Morgan fingerprint density at radius 3 is 3.00 bits per heavy atom. The fourth-order valence-electron chi connectivity index (χ4n) is 2.30. The molecule has 0 aromatic carbocycles. The van der Waals surface area contributed by atoms with E-state index in [1.165, 1.54) is 0 Å². The molecule has 1 fully saturated rings. The SMILES string of the molecule is CC1(C(=O)O)CCCCC1Oc1ccccn1. The average molecular weight is 235 g/mol. The first kappa shape index (κ1) is 11.9. The number of nitrogens with zero attached hydrogens (tertiary/aromatic N) is 1. The first-order chi connectivity index (χ1) is 8.13. The smallest absolute Gasteiger partial charge is 0.313 e. The highest BCUT2D eigenvalue weighted by Crippen LogP contribution is 2.38. The lowest BCUT2D eigenvalue weighted by Gasteiger charge is -2.37. The van der Waals surface area contributed by atoms with Gasteiger partial charge in [0.1, 0.15) is 11.5 Å². The largest absolute Gasteiger partial charge is 0.481 e. The number of carboxylic acid groups (broad SMARTS) is 1. The lowest BCUT2D eigenvalue weighted by molar-refractivity contribution is -0.156. The molecule has 0 saturated heterocycles. The number of aromatic nitrogens is 1. The van der Waals surface area contributed by atoms with Gasteiger partial charge < -0.3 is 9.84 Å². The van der Waals surface area contributed by atoms with E-state index in [1.54, 1.807) is 19.2 Å². The molecular formula is C13H17NO3. The number of pyridine rings is 1. The van der Waals surface area contributed by atoms with E-state index in [0.717, 1.165) is 19.3 Å². The zero-order chi connectivity index (χ0) is 12.3. The summed E-state index contributed by atoms with van der Waals surface area (Å²) in [7, 11) is 0. The summed E-state index contributed by atoms with van der Waals surface area (Å²) in [5, 5.41) is 9.35. The zero-order valence-electron chi connectivity index (χ0n) is 9.93. The van der Waals surface area contributed by atoms with E-state index in [2.05, 4.69) is 4.98 Å². The molecule has 4 heteroatoms. The standard InChI is InChI=1S/C13H17NO3/c1-13(12(15)16)8-4-2-6-10(13)17-11-7-3-5-9-14-11/h3,5,7,9-10H,2,4,6,8H2,1H3,(H,15,16). The van der Waals surface area contributed by atoms with Gasteiger partial charge in [0.05, 0.1) is 0 Å². The molecule has 2 unspecified atom stereocenters. The minimum absolute atomic E-state index is 0.288. The van der Waals surface area contributed by atoms with Gasteiger partial charge in [-0.25, -0.2) is 4.98 Å². The lowest BCUT2D eigenvalue weighted by Crippen LogP contribution is -2.45. The maximum absolute atomic E-state index is 11.4. The van der Waals surface area contributed by atoms with Crippen molar-refractivity contribution in [2.24, 2.45) is 5.41 Å². The van der Waals surface area contributed by atoms with Crippen LogP contribution < -0.4 is 4.74 Å². The van der Waals surface area contributed by atoms with Crippen molar-refractivity contribution < 1.29 is 14.6 Å². The zero-order valence-corrected chi connectivity index (χ0v) is 9.93. The number of aliphatic carboxylic acids is 1. The Balaban J connectivity index is 2.15. The van der Waals surface area contributed by atoms with E-state index in [4.69, 9.17) is 4.74 Å². The number of ether oxygens (including phenoxy) is 1. The van der Waals surface area contributed by atoms with E-state index < -0.39 is 11.4 Å². The molecule has 1 aliphatic rings. The van der Waals surface area contributed by atoms with Crippen molar-refractivity contribution in [1.29, 1.82) is 0 Å². The summed E-state index contributed by atoms with van der Waals surface area (Å²) in [5.41, 5.74) is -0.796. The molecule has 1 N–H and O–H groups in total. The van der Waals surface area contributed by atoms with Crippen LogP contribution in [0.25, 0.3) is 0 Å². The molecule has 0 amide bonds. The average Bonchev–Trinajstić information content (AvgIpc) is 2.33. The summed E-state index contributed by atoms with van der Waals surface area (Å²) in [6.07, 6.45) is 4.77. The Bertz CT molecular complexity index is 393. The van der Waals surface area contributed by atoms with Gasteiger partial charge in [0.15, 0.2) is 0 Å². The normalized spacial score (nSPS) is 28.6. The Labute approximate surface area is 101 Å². The first-order valence-electron chi connectivity index (χ1n) is 5.94. The molecule has 0 radical (unpaired) electrons. The predicted octanol–water partition coefficient (Wildman–Crippen LogP) is 2.49. The number of hydrogen-bond acceptors (Lipinski definition) is 3. The second-order valence-corrected chi connectivity index (χ2v) is 4.74. The summed E-state index contributed by atoms with van der Waals surface area (Å²) < 4.78 is 5.74. The van der Waals surface area contributed by atoms with Gasteiger partial charge in [0.25, 0.3) is 0 Å². The second-order valence-electron chi connectivity index (χ2n) is 4.74. The van der Waals surface area contributed by atoms with Gasteiger partial charge in [0.2, 0.25) is 5.88 Å². The molecule has 1 aromatic rings. The number of rotatable bonds is 3. The molecule has 17 heavy (non-hydrogen) atoms. The Kier molecular flexibility index (Phi) is 3.31. The Hall–Kier alpha value is -1.58. The number of hydrogen-bond donors (Lipinski definition) is 1. The van der Waals surface area contributed by atoms with Crippen LogP contribution in [-0.2, 0) is 4.79 Å². The summed E-state index contributed by atoms with van der Waals surface area (Å²) in [6.45, 7) is 1.77. The topological polar surface area (TPSA) is 59.4 Å². The molecule has 1 aromatic heterocycles. The van der Waals surface area contributed by atoms with E-state index in [0.29, 0.717) is 12.3 Å². The molecule has 0 aliphatic heterocycles. The van der Waals surface area contributed by atoms with Crippen LogP contribution >= 0.6 is 0 Å². The van der Waals surface area contributed by atoms with Crippen LogP contribution in [-0.4, -0.2) is 22.2 Å². The summed E-state index contributed by atoms with van der Waals surface area (Å²) in [4.78, 5) is 15.5. The van der Waals surface area contributed by atoms with E-state index in [-0.39, 0.29) is 6.10 Å². The highest BCUT2D eigenvalue weighted by Gasteiger charge is 2.45. The van der Waals surface area contributed by atoms with E-state index >= 15 is 0 Å². The Morgan fingerprint density at radius 2 is 2.35 bits per heavy atom. The van der Waals surface area contributed by atoms with Crippen molar-refractivity contribution in [3.8, 4) is 5.88 Å². The van der Waals surface area contributed by atoms with Gasteiger partial charge >= 0.3 is 5.97 Å². The van der Waals surface area contributed by atoms with Crippen LogP contribution in [0.1, 0.15) is 32.6 Å². The minimum atomic E-state index is -0.796. The fourth-order valence-corrected chi connectivity index (χ4v) is 2.30. The third-order valence-corrected chi connectivity index (χ3v) is 3.51. The maximum Gasteiger partial charge on any atom is 0.313 e. The van der Waals surface area contributed by atoms with Crippen molar-refractivity contribution in [1.82, 2.24) is 4.98 Å². The van der Waals surface area contributed by atoms with Crippen molar-refractivity contribution in [2.75, 3.05) is 0 Å². The molecule has 1 aliphatic carbocycles. The second kappa shape index (κ2) is 4.73. The van der Waals surface area contributed by atoms with Crippen molar-refractivity contribution in [2.45, 2.75) is 38.7 Å². The van der Waals surface area contributed by atoms with Gasteiger partial charge in [-0.3, -0.25) is 4.79 Å². The molecular weight excluding hydrogens is 218 g/mol. The molecule has 1 saturated carbocycles. The minimum Gasteiger partial charge on any atom is -0.481 e. The number of carbonyl (C=O) groups is 1.